The average molecular weight is 393 g/mol. The van der Waals surface area contributed by atoms with Gasteiger partial charge in [0.2, 0.25) is 0 Å². The molecule has 0 bridgehead atoms. The number of halogens is 1. The number of H-pyrrole nitrogens is 1. The number of aromatic amines is 1. The molecule has 3 aromatic carbocycles. The highest BCUT2D eigenvalue weighted by Crippen LogP contribution is 2.30. The van der Waals surface area contributed by atoms with E-state index in [1.54, 1.807) is 0 Å². The van der Waals surface area contributed by atoms with Gasteiger partial charge in [0.25, 0.3) is 0 Å². The molecule has 7 heteroatoms. The fraction of sp³-hybridized carbons (Fsp3) is 0.0952. The normalized spacial score (nSPS) is 10.8. The minimum absolute atomic E-state index is 0.285. The van der Waals surface area contributed by atoms with Crippen molar-refractivity contribution in [3.05, 3.63) is 93.4 Å². The van der Waals surface area contributed by atoms with Crippen molar-refractivity contribution in [3.63, 3.8) is 0 Å². The number of tetrazole rings is 1. The number of hydrogen-bond acceptors (Lipinski definition) is 4. The van der Waals surface area contributed by atoms with E-state index >= 15 is 0 Å². The largest absolute Gasteiger partial charge is 0.489 e. The summed E-state index contributed by atoms with van der Waals surface area (Å²) in [6, 6.07) is 21.1. The van der Waals surface area contributed by atoms with Crippen LogP contribution in [0.25, 0.3) is 16.8 Å². The molecule has 0 fully saturated rings. The van der Waals surface area contributed by atoms with E-state index in [4.69, 9.17) is 16.3 Å². The van der Waals surface area contributed by atoms with Crippen LogP contribution in [0.4, 0.5) is 0 Å². The topological polar surface area (TPSA) is 72.8 Å². The summed E-state index contributed by atoms with van der Waals surface area (Å²) in [5, 5.41) is 10.4. The Morgan fingerprint density at radius 2 is 1.89 bits per heavy atom. The number of hydrogen-bond donors (Lipinski definition) is 1. The van der Waals surface area contributed by atoms with Crippen molar-refractivity contribution >= 4 is 11.6 Å². The van der Waals surface area contributed by atoms with E-state index in [-0.39, 0.29) is 6.61 Å². The van der Waals surface area contributed by atoms with E-state index < -0.39 is 5.69 Å². The van der Waals surface area contributed by atoms with Gasteiger partial charge < -0.3 is 4.74 Å². The Balaban J connectivity index is 1.63. The van der Waals surface area contributed by atoms with E-state index in [1.807, 2.05) is 73.7 Å². The number of nitrogens with zero attached hydrogens (tertiary/aromatic N) is 3. The molecule has 0 radical (unpaired) electrons. The second-order valence-corrected chi connectivity index (χ2v) is 6.69. The lowest BCUT2D eigenvalue weighted by Crippen LogP contribution is -2.18. The van der Waals surface area contributed by atoms with Gasteiger partial charge in [-0.15, -0.1) is 0 Å². The third-order valence-electron chi connectivity index (χ3n) is 4.49. The van der Waals surface area contributed by atoms with Crippen LogP contribution >= 0.6 is 11.6 Å². The van der Waals surface area contributed by atoms with E-state index in [0.29, 0.717) is 16.5 Å². The number of ether oxygens (including phenoxy) is 1. The van der Waals surface area contributed by atoms with Gasteiger partial charge in [0.15, 0.2) is 0 Å². The van der Waals surface area contributed by atoms with Gasteiger partial charge in [-0.25, -0.2) is 9.89 Å². The number of benzene rings is 3. The molecule has 4 aromatic rings. The Labute approximate surface area is 166 Å². The molecule has 0 aliphatic heterocycles. The number of nitrogens with one attached hydrogen (secondary N) is 1. The molecule has 1 N–H and O–H groups in total. The molecule has 0 saturated heterocycles. The third kappa shape index (κ3) is 3.54. The standard InChI is InChI=1S/C21H17ClN4O2/c1-14-6-4-11-20(26-21(27)23-24-25-26)18(14)13-28-16-8-5-7-15(12-16)17-9-2-3-10-19(17)22/h2-12H,13H2,1H3,(H,23,25,27). The molecular formula is C21H17ClN4O2. The fourth-order valence-corrected chi connectivity index (χ4v) is 3.28. The Morgan fingerprint density at radius 1 is 1.07 bits per heavy atom. The van der Waals surface area contributed by atoms with E-state index in [2.05, 4.69) is 15.5 Å². The second kappa shape index (κ2) is 7.70. The van der Waals surface area contributed by atoms with Gasteiger partial charge in [0.05, 0.1) is 5.69 Å². The summed E-state index contributed by atoms with van der Waals surface area (Å²) in [5.41, 5.74) is 4.02. The Bertz CT molecular complexity index is 1180. The van der Waals surface area contributed by atoms with Crippen LogP contribution in [0.3, 0.4) is 0 Å². The van der Waals surface area contributed by atoms with Crippen molar-refractivity contribution in [2.24, 2.45) is 0 Å². The van der Waals surface area contributed by atoms with Crippen molar-refractivity contribution in [1.29, 1.82) is 0 Å². The summed E-state index contributed by atoms with van der Waals surface area (Å²) in [5.74, 6) is 0.708. The van der Waals surface area contributed by atoms with Crippen molar-refractivity contribution in [2.75, 3.05) is 0 Å². The molecule has 6 nitrogen and oxygen atoms in total. The van der Waals surface area contributed by atoms with Crippen LogP contribution in [0.5, 0.6) is 5.75 Å². The van der Waals surface area contributed by atoms with Crippen LogP contribution in [-0.2, 0) is 6.61 Å². The van der Waals surface area contributed by atoms with Gasteiger partial charge in [-0.2, -0.15) is 4.68 Å². The minimum atomic E-state index is -0.396. The molecule has 4 rings (SSSR count). The van der Waals surface area contributed by atoms with Gasteiger partial charge >= 0.3 is 5.69 Å². The molecule has 1 aromatic heterocycles. The maximum absolute atomic E-state index is 11.9. The summed E-state index contributed by atoms with van der Waals surface area (Å²) in [4.78, 5) is 11.9. The molecule has 0 saturated carbocycles. The highest BCUT2D eigenvalue weighted by Gasteiger charge is 2.12. The maximum atomic E-state index is 11.9. The van der Waals surface area contributed by atoms with Gasteiger partial charge in [-0.3, -0.25) is 0 Å². The van der Waals surface area contributed by atoms with Crippen LogP contribution < -0.4 is 10.4 Å². The van der Waals surface area contributed by atoms with Crippen LogP contribution in [0.15, 0.2) is 71.5 Å². The van der Waals surface area contributed by atoms with Crippen molar-refractivity contribution in [1.82, 2.24) is 20.2 Å². The SMILES string of the molecule is Cc1cccc(-n2nn[nH]c2=O)c1COc1cccc(-c2ccccc2Cl)c1. The predicted molar refractivity (Wildman–Crippen MR) is 108 cm³/mol. The average Bonchev–Trinajstić information content (AvgIpc) is 3.13. The lowest BCUT2D eigenvalue weighted by molar-refractivity contribution is 0.305. The zero-order valence-corrected chi connectivity index (χ0v) is 15.8. The molecule has 0 spiro atoms. The lowest BCUT2D eigenvalue weighted by Gasteiger charge is -2.13. The van der Waals surface area contributed by atoms with E-state index in [0.717, 1.165) is 22.3 Å². The monoisotopic (exact) mass is 392 g/mol. The zero-order valence-electron chi connectivity index (χ0n) is 15.1. The summed E-state index contributed by atoms with van der Waals surface area (Å²) >= 11 is 6.31. The molecule has 0 aliphatic carbocycles. The van der Waals surface area contributed by atoms with Crippen LogP contribution in [0.1, 0.15) is 11.1 Å². The number of rotatable bonds is 5. The Kier molecular flexibility index (Phi) is 4.95. The Hall–Kier alpha value is -3.38. The molecule has 140 valence electrons. The van der Waals surface area contributed by atoms with Crippen molar-refractivity contribution in [3.8, 4) is 22.6 Å². The minimum Gasteiger partial charge on any atom is -0.489 e. The summed E-state index contributed by atoms with van der Waals surface area (Å²) < 4.78 is 7.26. The first-order chi connectivity index (χ1) is 13.6. The number of aryl methyl sites for hydroxylation is 1. The smallest absolute Gasteiger partial charge is 0.365 e. The first kappa shape index (κ1) is 18.0. The Morgan fingerprint density at radius 3 is 2.68 bits per heavy atom. The highest BCUT2D eigenvalue weighted by molar-refractivity contribution is 6.33. The molecule has 0 aliphatic rings. The van der Waals surface area contributed by atoms with Gasteiger partial charge in [-0.1, -0.05) is 54.1 Å². The number of aromatic nitrogens is 4. The molecular weight excluding hydrogens is 376 g/mol. The van der Waals surface area contributed by atoms with Crippen LogP contribution in [0, 0.1) is 6.92 Å². The third-order valence-corrected chi connectivity index (χ3v) is 4.82. The van der Waals surface area contributed by atoms with Crippen molar-refractivity contribution in [2.45, 2.75) is 13.5 Å². The van der Waals surface area contributed by atoms with Crippen LogP contribution in [0.2, 0.25) is 5.02 Å². The molecule has 0 amide bonds. The molecule has 0 unspecified atom stereocenters. The second-order valence-electron chi connectivity index (χ2n) is 6.29. The summed E-state index contributed by atoms with van der Waals surface area (Å²) in [6.45, 7) is 2.25. The van der Waals surface area contributed by atoms with Crippen LogP contribution in [-0.4, -0.2) is 20.2 Å². The quantitative estimate of drug-likeness (QED) is 0.553. The molecule has 1 heterocycles. The summed E-state index contributed by atoms with van der Waals surface area (Å²) in [7, 11) is 0. The van der Waals surface area contributed by atoms with Crippen molar-refractivity contribution < 1.29 is 4.74 Å². The zero-order chi connectivity index (χ0) is 19.5. The first-order valence-electron chi connectivity index (χ1n) is 8.70. The summed E-state index contributed by atoms with van der Waals surface area (Å²) in [6.07, 6.45) is 0. The first-order valence-corrected chi connectivity index (χ1v) is 9.08. The maximum Gasteiger partial charge on any atom is 0.365 e. The molecule has 0 atom stereocenters. The van der Waals surface area contributed by atoms with E-state index in [9.17, 15) is 4.79 Å². The molecule has 28 heavy (non-hydrogen) atoms. The van der Waals surface area contributed by atoms with Gasteiger partial charge in [0.1, 0.15) is 12.4 Å². The van der Waals surface area contributed by atoms with Gasteiger partial charge in [-0.05, 0) is 52.7 Å². The van der Waals surface area contributed by atoms with Gasteiger partial charge in [0, 0.05) is 16.1 Å². The highest BCUT2D eigenvalue weighted by atomic mass is 35.5. The fourth-order valence-electron chi connectivity index (χ4n) is 3.03. The predicted octanol–water partition coefficient (Wildman–Crippen LogP) is 4.16. The lowest BCUT2D eigenvalue weighted by atomic mass is 10.1. The van der Waals surface area contributed by atoms with E-state index in [1.165, 1.54) is 4.68 Å².